The fraction of sp³-hybridized carbons (Fsp3) is 0.545. The zero-order chi connectivity index (χ0) is 19.9. The zero-order valence-corrected chi connectivity index (χ0v) is 17.5. The van der Waals surface area contributed by atoms with Gasteiger partial charge in [0.1, 0.15) is 22.7 Å². The van der Waals surface area contributed by atoms with E-state index in [2.05, 4.69) is 65.7 Å². The van der Waals surface area contributed by atoms with E-state index in [1.165, 1.54) is 5.69 Å². The van der Waals surface area contributed by atoms with Crippen molar-refractivity contribution in [2.24, 2.45) is 5.41 Å². The highest BCUT2D eigenvalue weighted by molar-refractivity contribution is 6.07. The standard InChI is InChI=1S/C22H32N6/c1-5-6-18-25-19-16-13-15(7-8-17(16)24-21(23)20(19)26-18)28-11-9-27(10-12-28)14-22(2,3)4/h7-8,13H,5-6,9-12,14H2,1-4H3,(H2,23,24)(H,25,26). The smallest absolute Gasteiger partial charge is 0.150 e. The van der Waals surface area contributed by atoms with E-state index in [4.69, 9.17) is 10.7 Å². The predicted molar refractivity (Wildman–Crippen MR) is 118 cm³/mol. The summed E-state index contributed by atoms with van der Waals surface area (Å²) in [6, 6.07) is 6.48. The normalized spacial score (nSPS) is 16.4. The molecule has 28 heavy (non-hydrogen) atoms. The van der Waals surface area contributed by atoms with E-state index in [-0.39, 0.29) is 0 Å². The maximum atomic E-state index is 6.18. The van der Waals surface area contributed by atoms with Crippen molar-refractivity contribution in [2.75, 3.05) is 43.4 Å². The average molecular weight is 381 g/mol. The van der Waals surface area contributed by atoms with E-state index in [1.54, 1.807) is 0 Å². The highest BCUT2D eigenvalue weighted by Gasteiger charge is 2.22. The lowest BCUT2D eigenvalue weighted by Gasteiger charge is -2.38. The third kappa shape index (κ3) is 3.78. The molecule has 0 saturated carbocycles. The van der Waals surface area contributed by atoms with Gasteiger partial charge in [-0.05, 0) is 30.0 Å². The van der Waals surface area contributed by atoms with Crippen LogP contribution in [0.25, 0.3) is 21.9 Å². The molecule has 0 bridgehead atoms. The Hall–Kier alpha value is -2.34. The number of pyridine rings is 1. The minimum absolute atomic E-state index is 0.346. The number of hydrogen-bond acceptors (Lipinski definition) is 5. The molecular weight excluding hydrogens is 348 g/mol. The Balaban J connectivity index is 1.62. The SMILES string of the molecule is CCCc1nc2c([nH]1)c(N)nc1ccc(N3CCN(CC(C)(C)C)CC3)cc12. The number of H-pyrrole nitrogens is 1. The van der Waals surface area contributed by atoms with Crippen molar-refractivity contribution in [1.82, 2.24) is 19.9 Å². The molecule has 1 aliphatic rings. The van der Waals surface area contributed by atoms with Gasteiger partial charge in [-0.25, -0.2) is 9.97 Å². The van der Waals surface area contributed by atoms with Crippen LogP contribution in [0.1, 0.15) is 39.9 Å². The molecule has 1 aliphatic heterocycles. The van der Waals surface area contributed by atoms with Crippen molar-refractivity contribution < 1.29 is 0 Å². The number of nitrogens with zero attached hydrogens (tertiary/aromatic N) is 4. The highest BCUT2D eigenvalue weighted by Crippen LogP contribution is 2.30. The van der Waals surface area contributed by atoms with E-state index in [9.17, 15) is 0 Å². The molecule has 2 aromatic heterocycles. The first-order valence-electron chi connectivity index (χ1n) is 10.4. The Morgan fingerprint density at radius 3 is 2.54 bits per heavy atom. The Bertz CT molecular complexity index is 976. The molecule has 0 atom stereocenters. The topological polar surface area (TPSA) is 74.1 Å². The van der Waals surface area contributed by atoms with Gasteiger partial charge < -0.3 is 15.6 Å². The number of imidazole rings is 1. The van der Waals surface area contributed by atoms with Crippen LogP contribution in [0.2, 0.25) is 0 Å². The Kier molecular flexibility index (Phi) is 4.91. The molecule has 0 aliphatic carbocycles. The minimum atomic E-state index is 0.346. The molecule has 6 nitrogen and oxygen atoms in total. The summed E-state index contributed by atoms with van der Waals surface area (Å²) in [4.78, 5) is 17.8. The van der Waals surface area contributed by atoms with Crippen LogP contribution in [0, 0.1) is 5.41 Å². The lowest BCUT2D eigenvalue weighted by atomic mass is 9.96. The van der Waals surface area contributed by atoms with Gasteiger partial charge >= 0.3 is 0 Å². The number of aromatic nitrogens is 3. The summed E-state index contributed by atoms with van der Waals surface area (Å²) < 4.78 is 0. The van der Waals surface area contributed by atoms with E-state index in [0.717, 1.165) is 73.3 Å². The third-order valence-corrected chi connectivity index (χ3v) is 5.41. The van der Waals surface area contributed by atoms with Crippen molar-refractivity contribution in [3.63, 3.8) is 0 Å². The number of anilines is 2. The van der Waals surface area contributed by atoms with Crippen LogP contribution in [0.5, 0.6) is 0 Å². The fourth-order valence-corrected chi connectivity index (χ4v) is 4.19. The predicted octanol–water partition coefficient (Wildman–Crippen LogP) is 3.81. The molecule has 0 unspecified atom stereocenters. The molecule has 0 amide bonds. The van der Waals surface area contributed by atoms with Gasteiger partial charge in [-0.15, -0.1) is 0 Å². The van der Waals surface area contributed by atoms with Crippen LogP contribution in [0.3, 0.4) is 0 Å². The molecule has 6 heteroatoms. The number of benzene rings is 1. The summed E-state index contributed by atoms with van der Waals surface area (Å²) in [6.07, 6.45) is 1.97. The molecule has 3 heterocycles. The molecule has 0 radical (unpaired) electrons. The van der Waals surface area contributed by atoms with Gasteiger partial charge in [0.2, 0.25) is 0 Å². The summed E-state index contributed by atoms with van der Waals surface area (Å²) >= 11 is 0. The van der Waals surface area contributed by atoms with Gasteiger partial charge in [0.25, 0.3) is 0 Å². The van der Waals surface area contributed by atoms with Gasteiger partial charge in [-0.2, -0.15) is 0 Å². The highest BCUT2D eigenvalue weighted by atomic mass is 15.3. The van der Waals surface area contributed by atoms with E-state index < -0.39 is 0 Å². The van der Waals surface area contributed by atoms with Crippen LogP contribution < -0.4 is 10.6 Å². The summed E-state index contributed by atoms with van der Waals surface area (Å²) in [5, 5.41) is 1.08. The molecule has 4 rings (SSSR count). The van der Waals surface area contributed by atoms with E-state index in [1.807, 2.05) is 0 Å². The van der Waals surface area contributed by atoms with Crippen LogP contribution in [-0.4, -0.2) is 52.6 Å². The minimum Gasteiger partial charge on any atom is -0.382 e. The number of aromatic amines is 1. The number of fused-ring (bicyclic) bond motifs is 3. The van der Waals surface area contributed by atoms with Crippen molar-refractivity contribution in [1.29, 1.82) is 0 Å². The number of nitrogens with two attached hydrogens (primary N) is 1. The third-order valence-electron chi connectivity index (χ3n) is 5.41. The maximum absolute atomic E-state index is 6.18. The van der Waals surface area contributed by atoms with Gasteiger partial charge in [0, 0.05) is 50.2 Å². The summed E-state index contributed by atoms with van der Waals surface area (Å²) in [5.41, 5.74) is 10.5. The van der Waals surface area contributed by atoms with E-state index in [0.29, 0.717) is 11.2 Å². The molecule has 0 spiro atoms. The number of nitrogens with one attached hydrogen (secondary N) is 1. The molecule has 3 N–H and O–H groups in total. The van der Waals surface area contributed by atoms with Gasteiger partial charge in [-0.3, -0.25) is 4.90 Å². The van der Waals surface area contributed by atoms with Crippen molar-refractivity contribution in [3.8, 4) is 0 Å². The average Bonchev–Trinajstić information content (AvgIpc) is 3.06. The Labute approximate surface area is 167 Å². The molecule has 1 fully saturated rings. The molecular formula is C22H32N6. The number of hydrogen-bond donors (Lipinski definition) is 2. The first-order valence-corrected chi connectivity index (χ1v) is 10.4. The second-order valence-corrected chi connectivity index (χ2v) is 9.18. The molecule has 1 saturated heterocycles. The van der Waals surface area contributed by atoms with Crippen molar-refractivity contribution in [3.05, 3.63) is 24.0 Å². The van der Waals surface area contributed by atoms with Crippen molar-refractivity contribution in [2.45, 2.75) is 40.5 Å². The lowest BCUT2D eigenvalue weighted by molar-refractivity contribution is 0.182. The summed E-state index contributed by atoms with van der Waals surface area (Å²) in [7, 11) is 0. The van der Waals surface area contributed by atoms with Gasteiger partial charge in [0.15, 0.2) is 0 Å². The number of rotatable bonds is 4. The van der Waals surface area contributed by atoms with Gasteiger partial charge in [0.05, 0.1) is 5.52 Å². The van der Waals surface area contributed by atoms with Gasteiger partial charge in [-0.1, -0.05) is 27.7 Å². The second kappa shape index (κ2) is 7.24. The zero-order valence-electron chi connectivity index (χ0n) is 17.5. The van der Waals surface area contributed by atoms with Crippen LogP contribution >= 0.6 is 0 Å². The lowest BCUT2D eigenvalue weighted by Crippen LogP contribution is -2.48. The number of nitrogen functional groups attached to an aromatic ring is 1. The van der Waals surface area contributed by atoms with Crippen LogP contribution in [0.4, 0.5) is 11.5 Å². The van der Waals surface area contributed by atoms with E-state index >= 15 is 0 Å². The van der Waals surface area contributed by atoms with Crippen LogP contribution in [-0.2, 0) is 6.42 Å². The first-order chi connectivity index (χ1) is 13.3. The van der Waals surface area contributed by atoms with Crippen molar-refractivity contribution >= 4 is 33.4 Å². The largest absolute Gasteiger partial charge is 0.382 e. The molecule has 3 aromatic rings. The molecule has 150 valence electrons. The molecule has 1 aromatic carbocycles. The monoisotopic (exact) mass is 380 g/mol. The Morgan fingerprint density at radius 2 is 1.86 bits per heavy atom. The maximum Gasteiger partial charge on any atom is 0.150 e. The second-order valence-electron chi connectivity index (χ2n) is 9.18. The number of aryl methyl sites for hydroxylation is 1. The number of piperazine rings is 1. The van der Waals surface area contributed by atoms with Crippen LogP contribution in [0.15, 0.2) is 18.2 Å². The fourth-order valence-electron chi connectivity index (χ4n) is 4.19. The first kappa shape index (κ1) is 19.0. The Morgan fingerprint density at radius 1 is 1.11 bits per heavy atom. The summed E-state index contributed by atoms with van der Waals surface area (Å²) in [5.74, 6) is 1.51. The quantitative estimate of drug-likeness (QED) is 0.720. The summed E-state index contributed by atoms with van der Waals surface area (Å²) in [6.45, 7) is 14.5.